The fourth-order valence-corrected chi connectivity index (χ4v) is 3.93. The van der Waals surface area contributed by atoms with E-state index in [0.29, 0.717) is 23.8 Å². The highest BCUT2D eigenvalue weighted by molar-refractivity contribution is 5.70. The Morgan fingerprint density at radius 1 is 1.28 bits per heavy atom. The number of carbonyl (C=O) groups is 1. The van der Waals surface area contributed by atoms with E-state index in [0.717, 1.165) is 25.7 Å². The van der Waals surface area contributed by atoms with Gasteiger partial charge in [-0.05, 0) is 43.1 Å². The van der Waals surface area contributed by atoms with Crippen LogP contribution < -0.4 is 4.90 Å². The molecular weight excluding hydrogens is 374 g/mol. The second-order valence-electron chi connectivity index (χ2n) is 8.26. The van der Waals surface area contributed by atoms with Crippen LogP contribution in [0, 0.1) is 16.0 Å². The van der Waals surface area contributed by atoms with Crippen molar-refractivity contribution in [2.75, 3.05) is 25.7 Å². The maximum Gasteiger partial charge on any atom is 0.311 e. The summed E-state index contributed by atoms with van der Waals surface area (Å²) < 4.78 is 10.2. The third-order valence-electron chi connectivity index (χ3n) is 5.59. The summed E-state index contributed by atoms with van der Waals surface area (Å²) in [5, 5.41) is 11.9. The fourth-order valence-electron chi connectivity index (χ4n) is 3.93. The molecule has 1 atom stereocenters. The Hall–Kier alpha value is -2.22. The van der Waals surface area contributed by atoms with Gasteiger partial charge in [0.05, 0.1) is 24.6 Å². The van der Waals surface area contributed by atoms with Crippen LogP contribution in [-0.2, 0) is 14.3 Å². The van der Waals surface area contributed by atoms with Gasteiger partial charge in [-0.15, -0.1) is 0 Å². The zero-order valence-corrected chi connectivity index (χ0v) is 18.1. The summed E-state index contributed by atoms with van der Waals surface area (Å²) in [4.78, 5) is 29.7. The van der Waals surface area contributed by atoms with Crippen molar-refractivity contribution < 1.29 is 19.2 Å². The largest absolute Gasteiger partial charge is 0.469 e. The molecule has 0 N–H and O–H groups in total. The molecule has 1 aliphatic carbocycles. The SMILES string of the molecule is COC(=O)C[C@@H](C)c1cnc(N(CC(C)C)[C@H]2CC[C@@H](OC)CC2)c([N+](=O)[O-])c1. The Kier molecular flexibility index (Phi) is 8.37. The van der Waals surface area contributed by atoms with Crippen LogP contribution in [0.25, 0.3) is 0 Å². The minimum Gasteiger partial charge on any atom is -0.469 e. The summed E-state index contributed by atoms with van der Waals surface area (Å²) in [6.07, 6.45) is 5.80. The van der Waals surface area contributed by atoms with Crippen LogP contribution in [0.15, 0.2) is 12.3 Å². The van der Waals surface area contributed by atoms with Crippen molar-refractivity contribution >= 4 is 17.5 Å². The highest BCUT2D eigenvalue weighted by Gasteiger charge is 2.32. The summed E-state index contributed by atoms with van der Waals surface area (Å²) in [6, 6.07) is 1.76. The van der Waals surface area contributed by atoms with Gasteiger partial charge in [-0.2, -0.15) is 0 Å². The van der Waals surface area contributed by atoms with Crippen molar-refractivity contribution in [2.45, 2.75) is 70.9 Å². The minimum atomic E-state index is -0.370. The fraction of sp³-hybridized carbons (Fsp3) is 0.714. The molecule has 0 aromatic carbocycles. The van der Waals surface area contributed by atoms with E-state index >= 15 is 0 Å². The Morgan fingerprint density at radius 3 is 2.45 bits per heavy atom. The first-order valence-electron chi connectivity index (χ1n) is 10.3. The van der Waals surface area contributed by atoms with Crippen molar-refractivity contribution in [1.29, 1.82) is 0 Å². The molecule has 8 heteroatoms. The number of aromatic nitrogens is 1. The second kappa shape index (κ2) is 10.5. The number of anilines is 1. The molecular formula is C21H33N3O5. The normalized spacial score (nSPS) is 20.3. The molecule has 1 heterocycles. The number of hydrogen-bond donors (Lipinski definition) is 0. The minimum absolute atomic E-state index is 0.00580. The molecule has 0 bridgehead atoms. The third kappa shape index (κ3) is 6.13. The molecule has 0 saturated heterocycles. The molecule has 162 valence electrons. The molecule has 1 aromatic rings. The van der Waals surface area contributed by atoms with Crippen molar-refractivity contribution in [3.63, 3.8) is 0 Å². The number of nitrogens with zero attached hydrogens (tertiary/aromatic N) is 3. The van der Waals surface area contributed by atoms with E-state index in [9.17, 15) is 14.9 Å². The maximum absolute atomic E-state index is 11.9. The van der Waals surface area contributed by atoms with Gasteiger partial charge in [-0.3, -0.25) is 14.9 Å². The first-order chi connectivity index (χ1) is 13.8. The molecule has 2 rings (SSSR count). The molecule has 1 aliphatic rings. The predicted molar refractivity (Wildman–Crippen MR) is 111 cm³/mol. The highest BCUT2D eigenvalue weighted by Crippen LogP contribution is 2.35. The second-order valence-corrected chi connectivity index (χ2v) is 8.26. The monoisotopic (exact) mass is 407 g/mol. The van der Waals surface area contributed by atoms with Gasteiger partial charge in [0, 0.05) is 32.0 Å². The molecule has 0 amide bonds. The van der Waals surface area contributed by atoms with Crippen LogP contribution >= 0.6 is 0 Å². The number of methoxy groups -OCH3 is 2. The van der Waals surface area contributed by atoms with Crippen molar-refractivity contribution in [2.24, 2.45) is 5.92 Å². The van der Waals surface area contributed by atoms with E-state index < -0.39 is 0 Å². The molecule has 8 nitrogen and oxygen atoms in total. The number of ether oxygens (including phenoxy) is 2. The van der Waals surface area contributed by atoms with Gasteiger partial charge in [-0.25, -0.2) is 4.98 Å². The lowest BCUT2D eigenvalue weighted by Gasteiger charge is -2.38. The van der Waals surface area contributed by atoms with Gasteiger partial charge in [0.2, 0.25) is 5.82 Å². The molecule has 0 radical (unpaired) electrons. The average Bonchev–Trinajstić information content (AvgIpc) is 2.71. The van der Waals surface area contributed by atoms with Gasteiger partial charge >= 0.3 is 11.7 Å². The number of esters is 1. The Bertz CT molecular complexity index is 702. The molecule has 1 saturated carbocycles. The number of pyridine rings is 1. The molecule has 1 aromatic heterocycles. The summed E-state index contributed by atoms with van der Waals surface area (Å²) in [6.45, 7) is 6.75. The van der Waals surface area contributed by atoms with E-state index in [4.69, 9.17) is 9.47 Å². The van der Waals surface area contributed by atoms with Crippen molar-refractivity contribution in [3.05, 3.63) is 27.9 Å². The Balaban J connectivity index is 2.34. The van der Waals surface area contributed by atoms with Crippen LogP contribution in [0.2, 0.25) is 0 Å². The number of rotatable bonds is 9. The topological polar surface area (TPSA) is 94.8 Å². The van der Waals surface area contributed by atoms with E-state index in [1.165, 1.54) is 7.11 Å². The summed E-state index contributed by atoms with van der Waals surface area (Å²) in [7, 11) is 3.07. The number of hydrogen-bond acceptors (Lipinski definition) is 7. The molecule has 0 spiro atoms. The summed E-state index contributed by atoms with van der Waals surface area (Å²) >= 11 is 0. The van der Waals surface area contributed by atoms with Gasteiger partial charge in [0.25, 0.3) is 0 Å². The van der Waals surface area contributed by atoms with Crippen molar-refractivity contribution in [1.82, 2.24) is 4.98 Å². The van der Waals surface area contributed by atoms with E-state index in [2.05, 4.69) is 23.7 Å². The van der Waals surface area contributed by atoms with Gasteiger partial charge < -0.3 is 14.4 Å². The maximum atomic E-state index is 11.9. The van der Waals surface area contributed by atoms with E-state index in [1.807, 2.05) is 6.92 Å². The molecule has 1 fully saturated rings. The lowest BCUT2D eigenvalue weighted by atomic mass is 9.91. The summed E-state index contributed by atoms with van der Waals surface area (Å²) in [5.41, 5.74) is 0.659. The Labute approximate surface area is 172 Å². The quantitative estimate of drug-likeness (QED) is 0.346. The first kappa shape index (κ1) is 23.1. The van der Waals surface area contributed by atoms with Crippen LogP contribution in [0.5, 0.6) is 0 Å². The van der Waals surface area contributed by atoms with Crippen LogP contribution in [-0.4, -0.2) is 48.8 Å². The standard InChI is InChI=1S/C21H33N3O5/c1-14(2)13-23(17-6-8-18(28-4)9-7-17)21-19(24(26)27)11-16(12-22-21)15(3)10-20(25)29-5/h11-12,14-15,17-18H,6-10,13H2,1-5H3/t15-,17-,18+/m1/s1. The van der Waals surface area contributed by atoms with E-state index in [-0.39, 0.29) is 41.1 Å². The molecule has 0 aliphatic heterocycles. The zero-order valence-electron chi connectivity index (χ0n) is 18.1. The first-order valence-corrected chi connectivity index (χ1v) is 10.3. The van der Waals surface area contributed by atoms with Crippen LogP contribution in [0.1, 0.15) is 64.4 Å². The number of nitro groups is 1. The van der Waals surface area contributed by atoms with Gasteiger partial charge in [-0.1, -0.05) is 20.8 Å². The number of carbonyl (C=O) groups excluding carboxylic acids is 1. The molecule has 29 heavy (non-hydrogen) atoms. The Morgan fingerprint density at radius 2 is 1.93 bits per heavy atom. The zero-order chi connectivity index (χ0) is 21.6. The van der Waals surface area contributed by atoms with Crippen LogP contribution in [0.4, 0.5) is 11.5 Å². The third-order valence-corrected chi connectivity index (χ3v) is 5.59. The van der Waals surface area contributed by atoms with E-state index in [1.54, 1.807) is 19.4 Å². The lowest BCUT2D eigenvalue weighted by Crippen LogP contribution is -2.42. The predicted octanol–water partition coefficient (Wildman–Crippen LogP) is 4.08. The van der Waals surface area contributed by atoms with Crippen LogP contribution in [0.3, 0.4) is 0 Å². The smallest absolute Gasteiger partial charge is 0.311 e. The van der Waals surface area contributed by atoms with Gasteiger partial charge in [0.1, 0.15) is 0 Å². The molecule has 0 unspecified atom stereocenters. The van der Waals surface area contributed by atoms with Crippen molar-refractivity contribution in [3.8, 4) is 0 Å². The summed E-state index contributed by atoms with van der Waals surface area (Å²) in [5.74, 6) is 0.201. The highest BCUT2D eigenvalue weighted by atomic mass is 16.6. The van der Waals surface area contributed by atoms with Gasteiger partial charge in [0.15, 0.2) is 0 Å². The lowest BCUT2D eigenvalue weighted by molar-refractivity contribution is -0.384. The average molecular weight is 408 g/mol.